The minimum atomic E-state index is -2.30. The van der Waals surface area contributed by atoms with Crippen molar-refractivity contribution in [1.29, 1.82) is 0 Å². The zero-order chi connectivity index (χ0) is 56.1. The van der Waals surface area contributed by atoms with Crippen molar-refractivity contribution in [3.63, 3.8) is 0 Å². The Labute approximate surface area is 434 Å². The smallest absolute Gasteiger partial charge is 0.187 e. The van der Waals surface area contributed by atoms with Crippen molar-refractivity contribution in [3.8, 4) is 0 Å². The van der Waals surface area contributed by atoms with Gasteiger partial charge in [0.25, 0.3) is 0 Å². The van der Waals surface area contributed by atoms with E-state index in [2.05, 4.69) is 0 Å². The summed E-state index contributed by atoms with van der Waals surface area (Å²) in [6, 6.07) is 0. The molecule has 0 aromatic rings. The summed E-state index contributed by atoms with van der Waals surface area (Å²) in [6.07, 6.45) is -70.4. The van der Waals surface area contributed by atoms with E-state index in [0.717, 1.165) is 0 Å². The first-order valence-corrected chi connectivity index (χ1v) is 24.6. The summed E-state index contributed by atoms with van der Waals surface area (Å²) < 4.78 is 80.0. The van der Waals surface area contributed by atoms with Gasteiger partial charge >= 0.3 is 0 Å². The second-order valence-corrected chi connectivity index (χ2v) is 19.7. The van der Waals surface area contributed by atoms with Crippen LogP contribution >= 0.6 is 0 Å². The minimum Gasteiger partial charge on any atom is -0.394 e. The lowest BCUT2D eigenvalue weighted by molar-refractivity contribution is -0.405. The van der Waals surface area contributed by atoms with E-state index in [4.69, 9.17) is 66.3 Å². The van der Waals surface area contributed by atoms with E-state index in [1.165, 1.54) is 0 Å². The summed E-state index contributed by atoms with van der Waals surface area (Å²) in [7, 11) is 0. The van der Waals surface area contributed by atoms with Crippen molar-refractivity contribution in [3.05, 3.63) is 0 Å². The molecule has 0 spiro atoms. The molecule has 23 saturated heterocycles. The summed E-state index contributed by atoms with van der Waals surface area (Å²) in [5.74, 6) is 0. The number of hydrogen-bond acceptors (Lipinski definition) is 35. The summed E-state index contributed by atoms with van der Waals surface area (Å²) in [6.45, 7) is -7.11. The van der Waals surface area contributed by atoms with Crippen molar-refractivity contribution in [2.45, 2.75) is 215 Å². The van der Waals surface area contributed by atoms with Gasteiger partial charge in [-0.25, -0.2) is 0 Å². The molecule has 23 fully saturated rings. The fraction of sp³-hybridized carbons (Fsp3) is 1.00. The van der Waals surface area contributed by atoms with E-state index in [9.17, 15) is 107 Å². The number of aliphatic hydroxyl groups is 21. The van der Waals surface area contributed by atoms with Crippen molar-refractivity contribution >= 4 is 0 Å². The quantitative estimate of drug-likeness (QED) is 0.102. The molecule has 35 atom stereocenters. The van der Waals surface area contributed by atoms with E-state index in [0.29, 0.717) is 0 Å². The van der Waals surface area contributed by atoms with E-state index in [1.807, 2.05) is 0 Å². The van der Waals surface area contributed by atoms with E-state index in [1.54, 1.807) is 0 Å². The first-order valence-electron chi connectivity index (χ1n) is 24.6. The van der Waals surface area contributed by atoms with Gasteiger partial charge in [0.15, 0.2) is 44.0 Å². The van der Waals surface area contributed by atoms with Gasteiger partial charge < -0.3 is 174 Å². The Bertz CT molecular complexity index is 1820. The third-order valence-electron chi connectivity index (χ3n) is 14.8. The molecule has 23 heterocycles. The summed E-state index contributed by atoms with van der Waals surface area (Å²) >= 11 is 0. The van der Waals surface area contributed by atoms with Crippen LogP contribution in [0.2, 0.25) is 0 Å². The van der Waals surface area contributed by atoms with Crippen molar-refractivity contribution in [1.82, 2.24) is 0 Å². The molecule has 12 bridgehead atoms. The van der Waals surface area contributed by atoms with Crippen LogP contribution in [0.3, 0.4) is 0 Å². The molecule has 0 aliphatic carbocycles. The van der Waals surface area contributed by atoms with Crippen LogP contribution < -0.4 is 0 Å². The fourth-order valence-electron chi connectivity index (χ4n) is 10.3. The highest BCUT2D eigenvalue weighted by atomic mass is 16.8. The molecule has 0 radical (unpaired) electrons. The second kappa shape index (κ2) is 26.0. The van der Waals surface area contributed by atoms with Crippen LogP contribution in [0.4, 0.5) is 0 Å². The Morgan fingerprint density at radius 3 is 0.662 bits per heavy atom. The van der Waals surface area contributed by atoms with E-state index < -0.39 is 261 Å². The summed E-state index contributed by atoms with van der Waals surface area (Å²) in [5.41, 5.74) is 0. The Morgan fingerprint density at radius 2 is 0.429 bits per heavy atom. The number of ether oxygens (including phenoxy) is 14. The average Bonchev–Trinajstić information content (AvgIpc) is 3.43. The molecule has 35 nitrogen and oxygen atoms in total. The van der Waals surface area contributed by atoms with Gasteiger partial charge in [-0.2, -0.15) is 0 Å². The Balaban J connectivity index is 1.11. The van der Waals surface area contributed by atoms with Gasteiger partial charge in [0.2, 0.25) is 0 Å². The van der Waals surface area contributed by atoms with E-state index >= 15 is 0 Å². The molecular formula is C42H70O35. The first kappa shape index (κ1) is 61.7. The predicted molar refractivity (Wildman–Crippen MR) is 228 cm³/mol. The average molecular weight is 1130 g/mol. The van der Waals surface area contributed by atoms with Gasteiger partial charge in [-0.15, -0.1) is 0 Å². The molecule has 35 heteroatoms. The normalized spacial score (nSPS) is 55.2. The van der Waals surface area contributed by atoms with Crippen LogP contribution in [0.15, 0.2) is 0 Å². The minimum absolute atomic E-state index is 0.889. The summed E-state index contributed by atoms with van der Waals surface area (Å²) in [4.78, 5) is 0. The molecule has 23 aliphatic rings. The molecule has 0 saturated carbocycles. The van der Waals surface area contributed by atoms with Crippen LogP contribution in [0, 0.1) is 0 Å². The zero-order valence-electron chi connectivity index (χ0n) is 40.3. The standard InChI is InChI=1S/C42H70O35/c43-1-8-15(49)16(50)23(57)36(65-8)64-7-14-35-22(56)29(63)42(71-14)76-34-13(6-48)69-40(27(61)20(34)54)74-32-11(4-46)67-38(25(59)18(32)52)72-30-9(2-44)66-37(24(58)17(30)51)73-31-10(3-45)68-39(26(60)19(31)53)75-33-12(5-47)70-41(77-35)28(62)21(33)55/h8-63H,1-7H2/t8-,9+,10+,11+,12-,13-,14-,15-,16+,17+,18+,19+,20-,21-,22-,23-,24+,25+,26+,27-,28-,29-,30+,31+,32+,33-,34-,35-,36+,37+,38+,39+,40-,41-,42-/m1/s1. The maximum atomic E-state index is 11.7. The molecule has 77 heavy (non-hydrogen) atoms. The van der Waals surface area contributed by atoms with Crippen molar-refractivity contribution in [2.75, 3.05) is 46.2 Å². The molecule has 0 amide bonds. The Hall–Kier alpha value is -1.40. The van der Waals surface area contributed by atoms with Gasteiger partial charge in [-0.05, 0) is 0 Å². The largest absolute Gasteiger partial charge is 0.394 e. The summed E-state index contributed by atoms with van der Waals surface area (Å²) in [5, 5.41) is 230. The fourth-order valence-corrected chi connectivity index (χ4v) is 10.3. The highest BCUT2D eigenvalue weighted by Crippen LogP contribution is 2.38. The van der Waals surface area contributed by atoms with E-state index in [-0.39, 0.29) is 0 Å². The third-order valence-corrected chi connectivity index (χ3v) is 14.8. The molecule has 23 aliphatic heterocycles. The van der Waals surface area contributed by atoms with Gasteiger partial charge in [-0.3, -0.25) is 0 Å². The number of aliphatic hydroxyl groups excluding tert-OH is 21. The lowest BCUT2D eigenvalue weighted by Gasteiger charge is -2.51. The highest BCUT2D eigenvalue weighted by molar-refractivity contribution is 5.01. The van der Waals surface area contributed by atoms with Crippen LogP contribution in [0.25, 0.3) is 0 Å². The topological polar surface area (TPSA) is 554 Å². The Kier molecular flexibility index (Phi) is 20.8. The maximum Gasteiger partial charge on any atom is 0.187 e. The van der Waals surface area contributed by atoms with Crippen molar-refractivity contribution in [2.24, 2.45) is 0 Å². The van der Waals surface area contributed by atoms with Gasteiger partial charge in [0.05, 0.1) is 46.2 Å². The SMILES string of the molecule is OC[C@@H]1O[C@H]2O[C@@H]3[C@@H](O)[C@H](O)[C@H](O[C@H]4[C@H](O)[C@@H](O)[C@@H](O[C@H]5[C@H](O)[C@@H](O)[C@@H](O[C@H]6[C@H](O)[C@@H](O)[C@@H](O[C@@H]7[C@@H](O)[C@H](O)[C@H](O[C@@H]1[C@@H](O)[C@@H]2O)O[C@H]7CO)O[C@@H]6CO)O[C@@H]5CO[C@H]1O[C@H](CO)[C@@H](O)[C@H](O)[C@H]1O)O[C@@H]4CO)O[C@H]3CO. The third kappa shape index (κ3) is 12.2. The number of hydrogen-bond donors (Lipinski definition) is 21. The molecule has 23 rings (SSSR count). The Morgan fingerprint density at radius 1 is 0.208 bits per heavy atom. The molecule has 448 valence electrons. The monoisotopic (exact) mass is 1130 g/mol. The van der Waals surface area contributed by atoms with Crippen LogP contribution in [0.5, 0.6) is 0 Å². The molecular weight excluding hydrogens is 1060 g/mol. The van der Waals surface area contributed by atoms with Gasteiger partial charge in [0.1, 0.15) is 171 Å². The van der Waals surface area contributed by atoms with Crippen LogP contribution in [0.1, 0.15) is 0 Å². The molecule has 0 aromatic heterocycles. The van der Waals surface area contributed by atoms with Crippen LogP contribution in [-0.4, -0.2) is 368 Å². The molecule has 0 unspecified atom stereocenters. The highest BCUT2D eigenvalue weighted by Gasteiger charge is 2.59. The first-order chi connectivity index (χ1) is 36.6. The second-order valence-electron chi connectivity index (χ2n) is 19.7. The van der Waals surface area contributed by atoms with Crippen molar-refractivity contribution < 1.29 is 174 Å². The number of rotatable bonds is 9. The van der Waals surface area contributed by atoms with Gasteiger partial charge in [-0.1, -0.05) is 0 Å². The maximum absolute atomic E-state index is 11.7. The predicted octanol–water partition coefficient (Wildman–Crippen LogP) is -15.2. The lowest BCUT2D eigenvalue weighted by atomic mass is 9.94. The van der Waals surface area contributed by atoms with Gasteiger partial charge in [0, 0.05) is 0 Å². The molecule has 21 N–H and O–H groups in total. The van der Waals surface area contributed by atoms with Crippen LogP contribution in [-0.2, 0) is 66.3 Å². The zero-order valence-corrected chi connectivity index (χ0v) is 40.3. The molecule has 0 aromatic carbocycles. The lowest BCUT2D eigenvalue weighted by Crippen LogP contribution is -2.69.